The molecule has 2 N–H and O–H groups in total. The van der Waals surface area contributed by atoms with Gasteiger partial charge in [0.05, 0.1) is 5.69 Å². The molecule has 0 radical (unpaired) electrons. The molecule has 1 atom stereocenters. The zero-order valence-corrected chi connectivity index (χ0v) is 11.6. The number of nitrogens with one attached hydrogen (secondary N) is 2. The van der Waals surface area contributed by atoms with E-state index in [1.807, 2.05) is 19.9 Å². The van der Waals surface area contributed by atoms with Gasteiger partial charge in [0.2, 0.25) is 0 Å². The molecule has 1 amide bonds. The summed E-state index contributed by atoms with van der Waals surface area (Å²) >= 11 is 0. The number of carbonyl (C=O) groups is 1. The number of hydrogen-bond acceptors (Lipinski definition) is 5. The highest BCUT2D eigenvalue weighted by Crippen LogP contribution is 2.08. The normalized spacial score (nSPS) is 12.1. The largest absolute Gasteiger partial charge is 0.350 e. The Balaban J connectivity index is 2.02. The standard InChI is InChI=1S/C13H18N6O/c1-3-14-10(2)8-15-13(20)11-5-4-6-12(7-11)19-9-16-17-18-19/h4-7,9-10,14H,3,8H2,1-2H3,(H,15,20)/t10-/m1/s1. The van der Waals surface area contributed by atoms with Crippen molar-refractivity contribution in [3.05, 3.63) is 36.2 Å². The molecule has 106 valence electrons. The van der Waals surface area contributed by atoms with Gasteiger partial charge in [-0.15, -0.1) is 5.10 Å². The number of aromatic nitrogens is 4. The smallest absolute Gasteiger partial charge is 0.251 e. The molecule has 0 unspecified atom stereocenters. The lowest BCUT2D eigenvalue weighted by molar-refractivity contribution is 0.0950. The fourth-order valence-electron chi connectivity index (χ4n) is 1.84. The molecule has 1 aromatic heterocycles. The van der Waals surface area contributed by atoms with Gasteiger partial charge in [0, 0.05) is 18.2 Å². The van der Waals surface area contributed by atoms with Crippen LogP contribution in [-0.4, -0.2) is 45.2 Å². The Morgan fingerprint density at radius 1 is 1.45 bits per heavy atom. The number of hydrogen-bond donors (Lipinski definition) is 2. The summed E-state index contributed by atoms with van der Waals surface area (Å²) in [5.41, 5.74) is 1.34. The maximum absolute atomic E-state index is 12.1. The van der Waals surface area contributed by atoms with Gasteiger partial charge in [-0.2, -0.15) is 0 Å². The van der Waals surface area contributed by atoms with Gasteiger partial charge < -0.3 is 10.6 Å². The van der Waals surface area contributed by atoms with Gasteiger partial charge in [0.15, 0.2) is 0 Å². The Bertz CT molecular complexity index is 554. The van der Waals surface area contributed by atoms with Crippen molar-refractivity contribution in [3.63, 3.8) is 0 Å². The van der Waals surface area contributed by atoms with Crippen molar-refractivity contribution in [1.82, 2.24) is 30.8 Å². The lowest BCUT2D eigenvalue weighted by atomic mass is 10.2. The lowest BCUT2D eigenvalue weighted by Crippen LogP contribution is -2.38. The molecule has 0 aliphatic heterocycles. The SMILES string of the molecule is CCN[C@H](C)CNC(=O)c1cccc(-n2cnnn2)c1. The Morgan fingerprint density at radius 3 is 3.00 bits per heavy atom. The second-order valence-corrected chi connectivity index (χ2v) is 4.47. The number of tetrazole rings is 1. The van der Waals surface area contributed by atoms with Crippen LogP contribution in [0.1, 0.15) is 24.2 Å². The third kappa shape index (κ3) is 3.61. The summed E-state index contributed by atoms with van der Waals surface area (Å²) in [6.07, 6.45) is 1.49. The highest BCUT2D eigenvalue weighted by Gasteiger charge is 2.08. The average molecular weight is 274 g/mol. The van der Waals surface area contributed by atoms with Crippen LogP contribution >= 0.6 is 0 Å². The number of benzene rings is 1. The van der Waals surface area contributed by atoms with Crippen LogP contribution < -0.4 is 10.6 Å². The van der Waals surface area contributed by atoms with Crippen molar-refractivity contribution in [2.45, 2.75) is 19.9 Å². The van der Waals surface area contributed by atoms with E-state index in [9.17, 15) is 4.79 Å². The molecule has 0 saturated carbocycles. The van der Waals surface area contributed by atoms with Crippen LogP contribution in [0.25, 0.3) is 5.69 Å². The first-order valence-electron chi connectivity index (χ1n) is 6.55. The fourth-order valence-corrected chi connectivity index (χ4v) is 1.84. The van der Waals surface area contributed by atoms with Crippen LogP contribution in [0.3, 0.4) is 0 Å². The monoisotopic (exact) mass is 274 g/mol. The highest BCUT2D eigenvalue weighted by molar-refractivity contribution is 5.94. The summed E-state index contributed by atoms with van der Waals surface area (Å²) in [6, 6.07) is 7.41. The molecule has 2 aromatic rings. The van der Waals surface area contributed by atoms with Gasteiger partial charge in [0.25, 0.3) is 5.91 Å². The molecule has 7 nitrogen and oxygen atoms in total. The maximum Gasteiger partial charge on any atom is 0.251 e. The minimum absolute atomic E-state index is 0.107. The number of likely N-dealkylation sites (N-methyl/N-ethyl adjacent to an activating group) is 1. The van der Waals surface area contributed by atoms with Crippen molar-refractivity contribution in [1.29, 1.82) is 0 Å². The molecule has 0 aliphatic carbocycles. The Hall–Kier alpha value is -2.28. The van der Waals surface area contributed by atoms with Crippen molar-refractivity contribution >= 4 is 5.91 Å². The topological polar surface area (TPSA) is 84.7 Å². The van der Waals surface area contributed by atoms with E-state index in [4.69, 9.17) is 0 Å². The van der Waals surface area contributed by atoms with Crippen molar-refractivity contribution in [2.75, 3.05) is 13.1 Å². The number of nitrogens with zero attached hydrogens (tertiary/aromatic N) is 4. The van der Waals surface area contributed by atoms with E-state index in [1.165, 1.54) is 11.0 Å². The number of carbonyl (C=O) groups excluding carboxylic acids is 1. The summed E-state index contributed by atoms with van der Waals surface area (Å²) in [6.45, 7) is 5.53. The first kappa shape index (κ1) is 14.1. The van der Waals surface area contributed by atoms with E-state index in [0.29, 0.717) is 12.1 Å². The van der Waals surface area contributed by atoms with Crippen LogP contribution in [0, 0.1) is 0 Å². The van der Waals surface area contributed by atoms with E-state index in [-0.39, 0.29) is 11.9 Å². The molecule has 2 rings (SSSR count). The minimum atomic E-state index is -0.107. The van der Waals surface area contributed by atoms with Crippen LogP contribution in [0.5, 0.6) is 0 Å². The van der Waals surface area contributed by atoms with Crippen LogP contribution in [0.4, 0.5) is 0 Å². The molecule has 0 spiro atoms. The van der Waals surface area contributed by atoms with E-state index in [0.717, 1.165) is 12.2 Å². The molecule has 0 aliphatic rings. The third-order valence-corrected chi connectivity index (χ3v) is 2.84. The summed E-state index contributed by atoms with van der Waals surface area (Å²) in [4.78, 5) is 12.1. The predicted octanol–water partition coefficient (Wildman–Crippen LogP) is 0.390. The van der Waals surface area contributed by atoms with Crippen molar-refractivity contribution in [3.8, 4) is 5.69 Å². The minimum Gasteiger partial charge on any atom is -0.350 e. The Morgan fingerprint density at radius 2 is 2.30 bits per heavy atom. The summed E-state index contributed by atoms with van der Waals surface area (Å²) in [5, 5.41) is 17.1. The second kappa shape index (κ2) is 6.76. The van der Waals surface area contributed by atoms with Crippen molar-refractivity contribution < 1.29 is 4.79 Å². The second-order valence-electron chi connectivity index (χ2n) is 4.47. The van der Waals surface area contributed by atoms with Crippen LogP contribution in [-0.2, 0) is 0 Å². The fraction of sp³-hybridized carbons (Fsp3) is 0.385. The van der Waals surface area contributed by atoms with Crippen molar-refractivity contribution in [2.24, 2.45) is 0 Å². The van der Waals surface area contributed by atoms with Crippen LogP contribution in [0.15, 0.2) is 30.6 Å². The zero-order chi connectivity index (χ0) is 14.4. The maximum atomic E-state index is 12.1. The Labute approximate surface area is 117 Å². The third-order valence-electron chi connectivity index (χ3n) is 2.84. The van der Waals surface area contributed by atoms with Gasteiger partial charge in [-0.3, -0.25) is 4.79 Å². The molecule has 0 fully saturated rings. The van der Waals surface area contributed by atoms with E-state index >= 15 is 0 Å². The molecule has 7 heteroatoms. The quantitative estimate of drug-likeness (QED) is 0.796. The van der Waals surface area contributed by atoms with Gasteiger partial charge in [-0.1, -0.05) is 13.0 Å². The molecular formula is C13H18N6O. The van der Waals surface area contributed by atoms with Gasteiger partial charge in [-0.05, 0) is 42.1 Å². The van der Waals surface area contributed by atoms with E-state index < -0.39 is 0 Å². The summed E-state index contributed by atoms with van der Waals surface area (Å²) < 4.78 is 1.51. The molecule has 1 aromatic carbocycles. The lowest BCUT2D eigenvalue weighted by Gasteiger charge is -2.13. The molecule has 0 saturated heterocycles. The van der Waals surface area contributed by atoms with E-state index in [1.54, 1.807) is 18.2 Å². The van der Waals surface area contributed by atoms with Crippen LogP contribution in [0.2, 0.25) is 0 Å². The molecule has 1 heterocycles. The highest BCUT2D eigenvalue weighted by atomic mass is 16.1. The van der Waals surface area contributed by atoms with E-state index in [2.05, 4.69) is 26.2 Å². The molecule has 0 bridgehead atoms. The van der Waals surface area contributed by atoms with Gasteiger partial charge in [0.1, 0.15) is 6.33 Å². The molecule has 20 heavy (non-hydrogen) atoms. The average Bonchev–Trinajstić information content (AvgIpc) is 2.99. The summed E-state index contributed by atoms with van der Waals surface area (Å²) in [7, 11) is 0. The molecular weight excluding hydrogens is 256 g/mol. The summed E-state index contributed by atoms with van der Waals surface area (Å²) in [5.74, 6) is -0.107. The first-order valence-corrected chi connectivity index (χ1v) is 6.55. The van der Waals surface area contributed by atoms with Gasteiger partial charge >= 0.3 is 0 Å². The first-order chi connectivity index (χ1) is 9.70. The van der Waals surface area contributed by atoms with Gasteiger partial charge in [-0.25, -0.2) is 4.68 Å². The number of amides is 1. The zero-order valence-electron chi connectivity index (χ0n) is 11.6. The predicted molar refractivity (Wildman–Crippen MR) is 74.6 cm³/mol. The Kier molecular flexibility index (Phi) is 4.78. The number of rotatable bonds is 6.